The molecule has 0 aromatic rings. The minimum absolute atomic E-state index is 0.0388. The Hall–Kier alpha value is -1.05. The molecule has 0 aromatic heterocycles. The first kappa shape index (κ1) is 12.0. The fourth-order valence-corrected chi connectivity index (χ4v) is 2.11. The van der Waals surface area contributed by atoms with Gasteiger partial charge in [0.1, 0.15) is 0 Å². The molecule has 1 rings (SSSR count). The largest absolute Gasteiger partial charge is 0.466 e. The van der Waals surface area contributed by atoms with Gasteiger partial charge in [-0.05, 0) is 31.3 Å². The van der Waals surface area contributed by atoms with Crippen LogP contribution in [0, 0.1) is 11.3 Å². The van der Waals surface area contributed by atoms with Gasteiger partial charge in [-0.1, -0.05) is 32.1 Å². The van der Waals surface area contributed by atoms with Crippen molar-refractivity contribution in [3.8, 4) is 0 Å². The van der Waals surface area contributed by atoms with Gasteiger partial charge in [-0.15, -0.1) is 0 Å². The molecule has 1 aliphatic rings. The van der Waals surface area contributed by atoms with Crippen LogP contribution in [-0.2, 0) is 9.53 Å². The molecular weight excluding hydrogens is 188 g/mol. The van der Waals surface area contributed by atoms with Gasteiger partial charge in [0.05, 0.1) is 12.5 Å². The van der Waals surface area contributed by atoms with Crippen molar-refractivity contribution in [1.29, 1.82) is 0 Å². The molecular formula is C13H20O2. The molecule has 84 valence electrons. The summed E-state index contributed by atoms with van der Waals surface area (Å²) in [5, 5.41) is 0. The summed E-state index contributed by atoms with van der Waals surface area (Å²) in [5.41, 5.74) is 1.03. The smallest absolute Gasteiger partial charge is 0.313 e. The van der Waals surface area contributed by atoms with Crippen LogP contribution in [0.15, 0.2) is 23.8 Å². The lowest BCUT2D eigenvalue weighted by atomic mass is 9.69. The number of hydrogen-bond acceptors (Lipinski definition) is 2. The summed E-state index contributed by atoms with van der Waals surface area (Å²) in [6, 6.07) is 0. The molecule has 0 aromatic carbocycles. The molecule has 2 nitrogen and oxygen atoms in total. The standard InChI is InChI=1S/C13H20O2/c1-5-10-8-7-9-13(3,4)11(10)12(14)15-6-2/h5,7-8,11H,6,9H2,1-4H3. The molecule has 0 saturated heterocycles. The molecule has 0 heterocycles. The average molecular weight is 208 g/mol. The molecule has 0 fully saturated rings. The predicted octanol–water partition coefficient (Wildman–Crippen LogP) is 3.10. The van der Waals surface area contributed by atoms with E-state index in [0.29, 0.717) is 6.61 Å². The molecule has 1 atom stereocenters. The molecule has 0 aliphatic heterocycles. The van der Waals surface area contributed by atoms with E-state index in [2.05, 4.69) is 19.9 Å². The highest BCUT2D eigenvalue weighted by atomic mass is 16.5. The Labute approximate surface area is 92.0 Å². The highest BCUT2D eigenvalue weighted by Gasteiger charge is 2.39. The number of allylic oxidation sites excluding steroid dienone is 3. The lowest BCUT2D eigenvalue weighted by Crippen LogP contribution is -2.35. The quantitative estimate of drug-likeness (QED) is 0.652. The molecule has 0 N–H and O–H groups in total. The molecule has 1 aliphatic carbocycles. The fourth-order valence-electron chi connectivity index (χ4n) is 2.11. The van der Waals surface area contributed by atoms with Crippen LogP contribution < -0.4 is 0 Å². The SMILES string of the molecule is CC=C1C=CCC(C)(C)C1C(=O)OCC. The van der Waals surface area contributed by atoms with Crippen LogP contribution in [0.5, 0.6) is 0 Å². The van der Waals surface area contributed by atoms with Crippen molar-refractivity contribution >= 4 is 5.97 Å². The second-order valence-electron chi connectivity index (χ2n) is 4.57. The normalized spacial score (nSPS) is 26.7. The maximum Gasteiger partial charge on any atom is 0.313 e. The van der Waals surface area contributed by atoms with E-state index in [0.717, 1.165) is 12.0 Å². The third-order valence-corrected chi connectivity index (χ3v) is 2.92. The summed E-state index contributed by atoms with van der Waals surface area (Å²) in [4.78, 5) is 11.9. The predicted molar refractivity (Wildman–Crippen MR) is 61.4 cm³/mol. The Morgan fingerprint density at radius 2 is 2.33 bits per heavy atom. The van der Waals surface area contributed by atoms with Gasteiger partial charge in [0.2, 0.25) is 0 Å². The van der Waals surface area contributed by atoms with Gasteiger partial charge < -0.3 is 4.74 Å². The van der Waals surface area contributed by atoms with Crippen molar-refractivity contribution < 1.29 is 9.53 Å². The van der Waals surface area contributed by atoms with Gasteiger partial charge in [0, 0.05) is 0 Å². The Balaban J connectivity index is 2.98. The zero-order valence-electron chi connectivity index (χ0n) is 10.0. The van der Waals surface area contributed by atoms with E-state index in [4.69, 9.17) is 4.74 Å². The van der Waals surface area contributed by atoms with Crippen LogP contribution in [0.4, 0.5) is 0 Å². The topological polar surface area (TPSA) is 26.3 Å². The minimum Gasteiger partial charge on any atom is -0.466 e. The first-order valence-corrected chi connectivity index (χ1v) is 5.52. The van der Waals surface area contributed by atoms with E-state index >= 15 is 0 Å². The summed E-state index contributed by atoms with van der Waals surface area (Å²) in [5.74, 6) is -0.215. The lowest BCUT2D eigenvalue weighted by Gasteiger charge is -2.35. The van der Waals surface area contributed by atoms with E-state index in [9.17, 15) is 4.79 Å². The van der Waals surface area contributed by atoms with Crippen molar-refractivity contribution in [2.24, 2.45) is 11.3 Å². The number of carbonyl (C=O) groups is 1. The first-order chi connectivity index (χ1) is 7.03. The molecule has 0 bridgehead atoms. The molecule has 0 radical (unpaired) electrons. The minimum atomic E-state index is -0.118. The zero-order valence-corrected chi connectivity index (χ0v) is 10.0. The van der Waals surface area contributed by atoms with Crippen LogP contribution in [0.25, 0.3) is 0 Å². The number of carbonyl (C=O) groups excluding carboxylic acids is 1. The van der Waals surface area contributed by atoms with Crippen molar-refractivity contribution in [3.05, 3.63) is 23.8 Å². The Kier molecular flexibility index (Phi) is 3.72. The van der Waals surface area contributed by atoms with Crippen molar-refractivity contribution in [2.45, 2.75) is 34.1 Å². The maximum atomic E-state index is 11.9. The molecule has 2 heteroatoms. The summed E-state index contributed by atoms with van der Waals surface area (Å²) in [6.07, 6.45) is 7.09. The van der Waals surface area contributed by atoms with Crippen LogP contribution >= 0.6 is 0 Å². The van der Waals surface area contributed by atoms with Gasteiger partial charge in [-0.3, -0.25) is 4.79 Å². The monoisotopic (exact) mass is 208 g/mol. The Morgan fingerprint density at radius 3 is 2.87 bits per heavy atom. The van der Waals surface area contributed by atoms with Gasteiger partial charge in [0.15, 0.2) is 0 Å². The van der Waals surface area contributed by atoms with Gasteiger partial charge in [-0.2, -0.15) is 0 Å². The van der Waals surface area contributed by atoms with E-state index < -0.39 is 0 Å². The highest BCUT2D eigenvalue weighted by Crippen LogP contribution is 2.40. The van der Waals surface area contributed by atoms with Crippen LogP contribution in [0.1, 0.15) is 34.1 Å². The highest BCUT2D eigenvalue weighted by molar-refractivity contribution is 5.78. The third kappa shape index (κ3) is 2.49. The van der Waals surface area contributed by atoms with E-state index in [-0.39, 0.29) is 17.3 Å². The number of rotatable bonds is 2. The third-order valence-electron chi connectivity index (χ3n) is 2.92. The molecule has 0 amide bonds. The summed E-state index contributed by atoms with van der Waals surface area (Å²) < 4.78 is 5.14. The van der Waals surface area contributed by atoms with Crippen molar-refractivity contribution in [3.63, 3.8) is 0 Å². The average Bonchev–Trinajstić information content (AvgIpc) is 2.16. The summed E-state index contributed by atoms with van der Waals surface area (Å²) in [7, 11) is 0. The zero-order chi connectivity index (χ0) is 11.5. The van der Waals surface area contributed by atoms with E-state index in [1.54, 1.807) is 0 Å². The van der Waals surface area contributed by atoms with Crippen LogP contribution in [-0.4, -0.2) is 12.6 Å². The van der Waals surface area contributed by atoms with Gasteiger partial charge >= 0.3 is 5.97 Å². The van der Waals surface area contributed by atoms with E-state index in [1.807, 2.05) is 26.0 Å². The number of ether oxygens (including phenoxy) is 1. The van der Waals surface area contributed by atoms with E-state index in [1.165, 1.54) is 0 Å². The fraction of sp³-hybridized carbons (Fsp3) is 0.615. The van der Waals surface area contributed by atoms with Gasteiger partial charge in [-0.25, -0.2) is 0 Å². The van der Waals surface area contributed by atoms with Crippen molar-refractivity contribution in [1.82, 2.24) is 0 Å². The first-order valence-electron chi connectivity index (χ1n) is 5.52. The lowest BCUT2D eigenvalue weighted by molar-refractivity contribution is -0.150. The Bertz CT molecular complexity index is 298. The summed E-state index contributed by atoms with van der Waals surface area (Å²) >= 11 is 0. The molecule has 1 unspecified atom stereocenters. The second-order valence-corrected chi connectivity index (χ2v) is 4.57. The van der Waals surface area contributed by atoms with Gasteiger partial charge in [0.25, 0.3) is 0 Å². The molecule has 15 heavy (non-hydrogen) atoms. The second kappa shape index (κ2) is 4.65. The van der Waals surface area contributed by atoms with Crippen molar-refractivity contribution in [2.75, 3.05) is 6.61 Å². The molecule has 0 saturated carbocycles. The molecule has 0 spiro atoms. The maximum absolute atomic E-state index is 11.9. The van der Waals surface area contributed by atoms with Crippen LogP contribution in [0.3, 0.4) is 0 Å². The number of esters is 1. The summed E-state index contributed by atoms with van der Waals surface area (Å²) in [6.45, 7) is 8.49. The van der Waals surface area contributed by atoms with Crippen LogP contribution in [0.2, 0.25) is 0 Å². The Morgan fingerprint density at radius 1 is 1.67 bits per heavy atom. The number of hydrogen-bond donors (Lipinski definition) is 0.